The Balaban J connectivity index is 1.15. The SMILES string of the molecule is c1ccc2c(c1)B1c3cc(C4CCCCC4)ccc3N(c3ccc(C4CCCCC4)cc3)c3cc(-c4cccc5c4sc4ccccc45)cc-2c31. The predicted octanol–water partition coefficient (Wildman–Crippen LogP) is 12.1. The monoisotopic (exact) mass is 675 g/mol. The largest absolute Gasteiger partial charge is 0.311 e. The van der Waals surface area contributed by atoms with Crippen molar-refractivity contribution in [2.24, 2.45) is 0 Å². The Morgan fingerprint density at radius 3 is 2.02 bits per heavy atom. The molecule has 0 saturated heterocycles. The third-order valence-electron chi connectivity index (χ3n) is 12.9. The quantitative estimate of drug-likeness (QED) is 0.168. The van der Waals surface area contributed by atoms with Gasteiger partial charge in [0.05, 0.1) is 0 Å². The number of thiophene rings is 1. The van der Waals surface area contributed by atoms with Crippen molar-refractivity contribution >= 4 is 71.7 Å². The van der Waals surface area contributed by atoms with Crippen LogP contribution >= 0.6 is 11.3 Å². The van der Waals surface area contributed by atoms with Gasteiger partial charge in [0.15, 0.2) is 0 Å². The highest BCUT2D eigenvalue weighted by Gasteiger charge is 2.43. The molecule has 248 valence electrons. The van der Waals surface area contributed by atoms with Crippen LogP contribution in [0.3, 0.4) is 0 Å². The Morgan fingerprint density at radius 2 is 1.20 bits per heavy atom. The van der Waals surface area contributed by atoms with Crippen LogP contribution in [0.4, 0.5) is 17.1 Å². The second-order valence-corrected chi connectivity index (χ2v) is 16.7. The third-order valence-corrected chi connectivity index (χ3v) is 14.1. The van der Waals surface area contributed by atoms with E-state index in [2.05, 4.69) is 126 Å². The standard InChI is InChI=1S/C48H42BNS/c1-3-12-31(13-4-1)33-22-25-36(26-23-33)50-44-27-24-34(32-14-5-2-6-15-32)29-43(44)49-42-20-9-7-16-38(42)41-28-35(30-45(50)47(41)49)37-18-11-19-40-39-17-8-10-21-46(39)51-48(37)40/h7-11,16-32H,1-6,12-15H2. The van der Waals surface area contributed by atoms with E-state index in [4.69, 9.17) is 0 Å². The van der Waals surface area contributed by atoms with E-state index >= 15 is 0 Å². The van der Waals surface area contributed by atoms with Crippen molar-refractivity contribution < 1.29 is 0 Å². The van der Waals surface area contributed by atoms with Gasteiger partial charge in [-0.15, -0.1) is 11.3 Å². The number of hydrogen-bond acceptors (Lipinski definition) is 2. The lowest BCUT2D eigenvalue weighted by Gasteiger charge is -2.37. The second kappa shape index (κ2) is 12.0. The lowest BCUT2D eigenvalue weighted by molar-refractivity contribution is 0.443. The first kappa shape index (κ1) is 30.1. The van der Waals surface area contributed by atoms with Gasteiger partial charge in [0.2, 0.25) is 6.71 Å². The molecule has 2 aliphatic heterocycles. The van der Waals surface area contributed by atoms with Gasteiger partial charge in [-0.2, -0.15) is 0 Å². The van der Waals surface area contributed by atoms with Crippen LogP contribution in [-0.4, -0.2) is 6.71 Å². The van der Waals surface area contributed by atoms with E-state index in [0.717, 1.165) is 0 Å². The van der Waals surface area contributed by atoms with Crippen LogP contribution in [0.1, 0.15) is 87.2 Å². The maximum Gasteiger partial charge on any atom is 0.248 e. The van der Waals surface area contributed by atoms with E-state index in [9.17, 15) is 0 Å². The topological polar surface area (TPSA) is 3.24 Å². The minimum atomic E-state index is 0.247. The molecule has 51 heavy (non-hydrogen) atoms. The molecular weight excluding hydrogens is 633 g/mol. The minimum absolute atomic E-state index is 0.247. The lowest BCUT2D eigenvalue weighted by atomic mass is 9.37. The number of anilines is 3. The molecule has 0 bridgehead atoms. The molecule has 3 heterocycles. The van der Waals surface area contributed by atoms with Crippen LogP contribution in [0.5, 0.6) is 0 Å². The van der Waals surface area contributed by atoms with Gasteiger partial charge in [0.1, 0.15) is 0 Å². The summed E-state index contributed by atoms with van der Waals surface area (Å²) >= 11 is 1.93. The third kappa shape index (κ3) is 4.74. The van der Waals surface area contributed by atoms with Crippen LogP contribution in [-0.2, 0) is 0 Å². The average molecular weight is 676 g/mol. The normalized spacial score (nSPS) is 17.2. The fourth-order valence-corrected chi connectivity index (χ4v) is 11.6. The van der Waals surface area contributed by atoms with E-state index in [1.54, 1.807) is 5.56 Å². The Labute approximate surface area is 306 Å². The lowest BCUT2D eigenvalue weighted by Crippen LogP contribution is -2.54. The molecule has 0 amide bonds. The van der Waals surface area contributed by atoms with Gasteiger partial charge >= 0.3 is 0 Å². The molecule has 0 unspecified atom stereocenters. The summed E-state index contributed by atoms with van der Waals surface area (Å²) in [4.78, 5) is 2.63. The second-order valence-electron chi connectivity index (χ2n) is 15.7. The molecule has 0 atom stereocenters. The maximum absolute atomic E-state index is 2.63. The molecule has 1 aromatic heterocycles. The molecule has 11 rings (SSSR count). The van der Waals surface area contributed by atoms with Crippen LogP contribution in [0.2, 0.25) is 0 Å². The van der Waals surface area contributed by atoms with Crippen molar-refractivity contribution in [1.29, 1.82) is 0 Å². The highest BCUT2D eigenvalue weighted by atomic mass is 32.1. The summed E-state index contributed by atoms with van der Waals surface area (Å²) < 4.78 is 2.74. The predicted molar refractivity (Wildman–Crippen MR) is 221 cm³/mol. The molecule has 0 spiro atoms. The smallest absolute Gasteiger partial charge is 0.248 e. The molecule has 4 aliphatic rings. The van der Waals surface area contributed by atoms with Crippen LogP contribution in [0.25, 0.3) is 42.4 Å². The molecule has 3 heteroatoms. The Morgan fingerprint density at radius 1 is 0.510 bits per heavy atom. The summed E-state index contributed by atoms with van der Waals surface area (Å²) in [6, 6.07) is 47.5. The fraction of sp³-hybridized carbons (Fsp3) is 0.250. The van der Waals surface area contributed by atoms with Crippen LogP contribution < -0.4 is 21.3 Å². The highest BCUT2D eigenvalue weighted by molar-refractivity contribution is 7.26. The summed E-state index contributed by atoms with van der Waals surface area (Å²) in [5, 5.41) is 2.71. The zero-order valence-electron chi connectivity index (χ0n) is 29.2. The first-order valence-electron chi connectivity index (χ1n) is 19.5. The molecule has 1 nitrogen and oxygen atoms in total. The van der Waals surface area contributed by atoms with E-state index in [1.807, 2.05) is 11.3 Å². The number of benzene rings is 6. The number of hydrogen-bond donors (Lipinski definition) is 0. The molecule has 2 saturated carbocycles. The molecule has 7 aromatic rings. The Kier molecular flexibility index (Phi) is 7.07. The van der Waals surface area contributed by atoms with Gasteiger partial charge in [0, 0.05) is 37.2 Å². The van der Waals surface area contributed by atoms with Crippen molar-refractivity contribution in [3.8, 4) is 22.3 Å². The summed E-state index contributed by atoms with van der Waals surface area (Å²) in [6.07, 6.45) is 13.5. The molecule has 2 fully saturated rings. The van der Waals surface area contributed by atoms with Gasteiger partial charge in [-0.1, -0.05) is 129 Å². The van der Waals surface area contributed by atoms with Crippen LogP contribution in [0, 0.1) is 0 Å². The van der Waals surface area contributed by atoms with Gasteiger partial charge in [-0.05, 0) is 118 Å². The molecule has 0 radical (unpaired) electrons. The van der Waals surface area contributed by atoms with E-state index < -0.39 is 0 Å². The number of rotatable bonds is 4. The van der Waals surface area contributed by atoms with E-state index in [0.29, 0.717) is 11.8 Å². The van der Waals surface area contributed by atoms with Crippen molar-refractivity contribution in [1.82, 2.24) is 0 Å². The van der Waals surface area contributed by atoms with Crippen molar-refractivity contribution in [3.63, 3.8) is 0 Å². The van der Waals surface area contributed by atoms with E-state index in [1.165, 1.54) is 146 Å². The van der Waals surface area contributed by atoms with Gasteiger partial charge < -0.3 is 4.90 Å². The first-order valence-corrected chi connectivity index (χ1v) is 20.3. The molecule has 2 aliphatic carbocycles. The Bertz CT molecular complexity index is 2460. The van der Waals surface area contributed by atoms with Gasteiger partial charge in [0.25, 0.3) is 0 Å². The average Bonchev–Trinajstić information content (AvgIpc) is 3.75. The summed E-state index contributed by atoms with van der Waals surface area (Å²) in [5.74, 6) is 1.38. The summed E-state index contributed by atoms with van der Waals surface area (Å²) in [5.41, 5.74) is 16.9. The Hall–Kier alpha value is -4.60. The van der Waals surface area contributed by atoms with Gasteiger partial charge in [-0.25, -0.2) is 0 Å². The van der Waals surface area contributed by atoms with Crippen molar-refractivity contribution in [2.75, 3.05) is 4.90 Å². The number of fused-ring (bicyclic) bond motifs is 8. The van der Waals surface area contributed by atoms with Crippen molar-refractivity contribution in [3.05, 3.63) is 132 Å². The summed E-state index contributed by atoms with van der Waals surface area (Å²) in [6.45, 7) is 0.247. The van der Waals surface area contributed by atoms with Crippen LogP contribution in [0.15, 0.2) is 121 Å². The highest BCUT2D eigenvalue weighted by Crippen LogP contribution is 2.47. The first-order chi connectivity index (χ1) is 25.3. The number of nitrogens with zero attached hydrogens (tertiary/aromatic N) is 1. The zero-order valence-corrected chi connectivity index (χ0v) is 30.0. The van der Waals surface area contributed by atoms with Gasteiger partial charge in [-0.3, -0.25) is 0 Å². The zero-order chi connectivity index (χ0) is 33.5. The summed E-state index contributed by atoms with van der Waals surface area (Å²) in [7, 11) is 0. The molecule has 6 aromatic carbocycles. The van der Waals surface area contributed by atoms with Crippen molar-refractivity contribution in [2.45, 2.75) is 76.0 Å². The molecule has 0 N–H and O–H groups in total. The maximum atomic E-state index is 2.63. The minimum Gasteiger partial charge on any atom is -0.311 e. The van der Waals surface area contributed by atoms with E-state index in [-0.39, 0.29) is 6.71 Å². The molecular formula is C48H42BNS. The fourth-order valence-electron chi connectivity index (χ4n) is 10.4.